The van der Waals surface area contributed by atoms with Gasteiger partial charge >= 0.3 is 0 Å². The third-order valence-electron chi connectivity index (χ3n) is 13.6. The molecule has 2 saturated carbocycles. The van der Waals surface area contributed by atoms with Crippen molar-refractivity contribution in [3.05, 3.63) is 175 Å². The molecule has 3 heteroatoms. The number of aromatic nitrogens is 3. The summed E-state index contributed by atoms with van der Waals surface area (Å²) in [5.41, 5.74) is 13.6. The largest absolute Gasteiger partial charge is 0.208 e. The zero-order chi connectivity index (χ0) is 38.1. The molecule has 1 aromatic heterocycles. The second-order valence-corrected chi connectivity index (χ2v) is 17.0. The van der Waals surface area contributed by atoms with Gasteiger partial charge in [-0.2, -0.15) is 0 Å². The molecule has 1 spiro atoms. The molecule has 0 aliphatic heterocycles. The number of benzene rings is 7. The fourth-order valence-electron chi connectivity index (χ4n) is 11.4. The Bertz CT molecular complexity index is 2790. The lowest BCUT2D eigenvalue weighted by Gasteiger charge is -2.54. The minimum atomic E-state index is 0.0757. The van der Waals surface area contributed by atoms with Gasteiger partial charge in [0.25, 0.3) is 0 Å². The number of nitrogens with zero attached hydrogens (tertiary/aromatic N) is 3. The third-order valence-corrected chi connectivity index (χ3v) is 13.6. The normalized spacial score (nSPS) is 22.0. The average molecular weight is 736 g/mol. The van der Waals surface area contributed by atoms with E-state index in [0.29, 0.717) is 29.3 Å². The van der Waals surface area contributed by atoms with E-state index in [1.807, 2.05) is 0 Å². The lowest BCUT2D eigenvalue weighted by Crippen LogP contribution is -2.49. The first-order chi connectivity index (χ1) is 28.0. The van der Waals surface area contributed by atoms with Gasteiger partial charge < -0.3 is 0 Å². The SMILES string of the molecule is CC1CC2CC(C)C3(c4ccccc4-c4c3ccc3cc(-c5nc(-c6ccc(-c7ccccc7)cc6)nc(-c6cccc(-c7ccccc7)c6)n5)ccc43)C(C1)C2. The molecule has 0 saturated heterocycles. The van der Waals surface area contributed by atoms with Gasteiger partial charge in [-0.3, -0.25) is 0 Å². The van der Waals surface area contributed by atoms with Crippen LogP contribution in [0.5, 0.6) is 0 Å². The summed E-state index contributed by atoms with van der Waals surface area (Å²) in [7, 11) is 0. The van der Waals surface area contributed by atoms with E-state index in [1.165, 1.54) is 53.1 Å². The summed E-state index contributed by atoms with van der Waals surface area (Å²) in [6.07, 6.45) is 5.38. The van der Waals surface area contributed by atoms with Crippen molar-refractivity contribution in [3.63, 3.8) is 0 Å². The summed E-state index contributed by atoms with van der Waals surface area (Å²) in [6, 6.07) is 59.2. The van der Waals surface area contributed by atoms with Gasteiger partial charge in [0.05, 0.1) is 0 Å². The van der Waals surface area contributed by atoms with Gasteiger partial charge in [-0.1, -0.05) is 166 Å². The fourth-order valence-corrected chi connectivity index (χ4v) is 11.4. The Morgan fingerprint density at radius 3 is 1.77 bits per heavy atom. The molecule has 0 amide bonds. The molecule has 8 aromatic rings. The second kappa shape index (κ2) is 13.5. The Kier molecular flexibility index (Phi) is 8.06. The molecule has 0 N–H and O–H groups in total. The van der Waals surface area contributed by atoms with E-state index in [-0.39, 0.29) is 5.41 Å². The molecule has 57 heavy (non-hydrogen) atoms. The van der Waals surface area contributed by atoms with Crippen molar-refractivity contribution >= 4 is 10.8 Å². The van der Waals surface area contributed by atoms with Crippen LogP contribution in [0.4, 0.5) is 0 Å². The van der Waals surface area contributed by atoms with Crippen molar-refractivity contribution in [1.29, 1.82) is 0 Å². The van der Waals surface area contributed by atoms with Gasteiger partial charge in [0.1, 0.15) is 0 Å². The van der Waals surface area contributed by atoms with E-state index in [1.54, 1.807) is 11.1 Å². The number of hydrogen-bond acceptors (Lipinski definition) is 3. The van der Waals surface area contributed by atoms with Crippen LogP contribution >= 0.6 is 0 Å². The maximum absolute atomic E-state index is 5.21. The van der Waals surface area contributed by atoms with Crippen molar-refractivity contribution in [2.24, 2.45) is 23.7 Å². The van der Waals surface area contributed by atoms with Crippen molar-refractivity contribution in [3.8, 4) is 67.5 Å². The first-order valence-electron chi connectivity index (χ1n) is 20.8. The molecule has 3 nitrogen and oxygen atoms in total. The lowest BCUT2D eigenvalue weighted by atomic mass is 9.49. The van der Waals surface area contributed by atoms with Crippen LogP contribution in [0.1, 0.15) is 50.7 Å². The molecule has 11 rings (SSSR count). The van der Waals surface area contributed by atoms with E-state index in [9.17, 15) is 0 Å². The number of hydrogen-bond donors (Lipinski definition) is 0. The van der Waals surface area contributed by atoms with E-state index in [0.717, 1.165) is 45.2 Å². The van der Waals surface area contributed by atoms with E-state index < -0.39 is 0 Å². The zero-order valence-electron chi connectivity index (χ0n) is 32.6. The van der Waals surface area contributed by atoms with Crippen LogP contribution in [0, 0.1) is 23.7 Å². The topological polar surface area (TPSA) is 38.7 Å². The Hall–Kier alpha value is -6.19. The molecule has 2 fully saturated rings. The van der Waals surface area contributed by atoms with Crippen molar-refractivity contribution in [2.45, 2.75) is 44.9 Å². The first-order valence-corrected chi connectivity index (χ1v) is 20.8. The smallest absolute Gasteiger partial charge is 0.164 e. The lowest BCUT2D eigenvalue weighted by molar-refractivity contribution is 0.0426. The second-order valence-electron chi connectivity index (χ2n) is 17.0. The van der Waals surface area contributed by atoms with Gasteiger partial charge in [0.15, 0.2) is 17.5 Å². The van der Waals surface area contributed by atoms with Crippen LogP contribution in [0.15, 0.2) is 164 Å². The van der Waals surface area contributed by atoms with Crippen LogP contribution in [0.3, 0.4) is 0 Å². The molecule has 3 aliphatic rings. The third kappa shape index (κ3) is 5.58. The summed E-state index contributed by atoms with van der Waals surface area (Å²) in [5.74, 6) is 4.93. The van der Waals surface area contributed by atoms with Gasteiger partial charge in [-0.05, 0) is 117 Å². The van der Waals surface area contributed by atoms with E-state index in [2.05, 4.69) is 178 Å². The monoisotopic (exact) mass is 735 g/mol. The maximum atomic E-state index is 5.21. The molecular formula is C54H45N3. The van der Waals surface area contributed by atoms with Crippen LogP contribution in [-0.2, 0) is 5.41 Å². The van der Waals surface area contributed by atoms with Gasteiger partial charge in [0.2, 0.25) is 0 Å². The summed E-state index contributed by atoms with van der Waals surface area (Å²) >= 11 is 0. The molecule has 276 valence electrons. The molecule has 7 aromatic carbocycles. The quantitative estimate of drug-likeness (QED) is 0.177. The van der Waals surface area contributed by atoms with Gasteiger partial charge in [0, 0.05) is 22.1 Å². The maximum Gasteiger partial charge on any atom is 0.164 e. The highest BCUT2D eigenvalue weighted by Gasteiger charge is 2.56. The molecule has 5 atom stereocenters. The van der Waals surface area contributed by atoms with Crippen molar-refractivity contribution in [2.75, 3.05) is 0 Å². The average Bonchev–Trinajstić information content (AvgIpc) is 3.57. The zero-order valence-corrected chi connectivity index (χ0v) is 32.6. The number of fused-ring (bicyclic) bond motifs is 10. The molecule has 2 bridgehead atoms. The number of rotatable bonds is 5. The Morgan fingerprint density at radius 1 is 0.439 bits per heavy atom. The van der Waals surface area contributed by atoms with Crippen molar-refractivity contribution in [1.82, 2.24) is 15.0 Å². The van der Waals surface area contributed by atoms with Crippen LogP contribution in [0.2, 0.25) is 0 Å². The summed E-state index contributed by atoms with van der Waals surface area (Å²) < 4.78 is 0. The predicted molar refractivity (Wildman–Crippen MR) is 235 cm³/mol. The fraction of sp³-hybridized carbons (Fsp3) is 0.204. The molecule has 0 radical (unpaired) electrons. The molecular weight excluding hydrogens is 691 g/mol. The highest BCUT2D eigenvalue weighted by molar-refractivity contribution is 6.04. The first kappa shape index (κ1) is 34.1. The summed E-state index contributed by atoms with van der Waals surface area (Å²) in [6.45, 7) is 5.04. The van der Waals surface area contributed by atoms with Crippen LogP contribution < -0.4 is 0 Å². The minimum Gasteiger partial charge on any atom is -0.208 e. The summed E-state index contributed by atoms with van der Waals surface area (Å²) in [5, 5.41) is 2.54. The van der Waals surface area contributed by atoms with Gasteiger partial charge in [-0.25, -0.2) is 15.0 Å². The Morgan fingerprint density at radius 2 is 1.02 bits per heavy atom. The Labute approximate surface area is 335 Å². The van der Waals surface area contributed by atoms with Crippen LogP contribution in [0.25, 0.3) is 78.3 Å². The molecule has 5 unspecified atom stereocenters. The molecule has 1 heterocycles. The highest BCUT2D eigenvalue weighted by Crippen LogP contribution is 2.65. The van der Waals surface area contributed by atoms with Crippen LogP contribution in [-0.4, -0.2) is 15.0 Å². The Balaban J connectivity index is 1.05. The minimum absolute atomic E-state index is 0.0757. The van der Waals surface area contributed by atoms with Gasteiger partial charge in [-0.15, -0.1) is 0 Å². The van der Waals surface area contributed by atoms with E-state index >= 15 is 0 Å². The van der Waals surface area contributed by atoms with Crippen molar-refractivity contribution < 1.29 is 0 Å². The highest BCUT2D eigenvalue weighted by atomic mass is 15.0. The molecule has 3 aliphatic carbocycles. The standard InChI is InChI=1S/C54H45N3/c1-34-28-36-30-35(2)54(45(29-34)31-36)48-19-10-9-18-47(48)50-46-26-24-44(33-42(46)25-27-49(50)54)53-56-51(40-22-20-39(21-23-40)37-12-5-3-6-13-37)55-52(57-53)43-17-11-16-41(32-43)38-14-7-4-8-15-38/h3-27,32-36,45H,28-31H2,1-2H3. The predicted octanol–water partition coefficient (Wildman–Crippen LogP) is 13.7. The summed E-state index contributed by atoms with van der Waals surface area (Å²) in [4.78, 5) is 15.5. The van der Waals surface area contributed by atoms with E-state index in [4.69, 9.17) is 15.0 Å².